The van der Waals surface area contributed by atoms with Crippen molar-refractivity contribution in [3.63, 3.8) is 0 Å². The van der Waals surface area contributed by atoms with E-state index in [2.05, 4.69) is 10.6 Å². The molecule has 0 spiro atoms. The lowest BCUT2D eigenvalue weighted by molar-refractivity contribution is -0.116. The first kappa shape index (κ1) is 14.9. The van der Waals surface area contributed by atoms with Crippen LogP contribution in [0.4, 0.5) is 24.5 Å². The van der Waals surface area contributed by atoms with Crippen LogP contribution in [0, 0.1) is 17.5 Å². The first-order chi connectivity index (χ1) is 9.97. The van der Waals surface area contributed by atoms with Crippen LogP contribution in [0.5, 0.6) is 0 Å². The minimum Gasteiger partial charge on any atom is -0.371 e. The molecule has 0 saturated carbocycles. The first-order valence-electron chi connectivity index (χ1n) is 6.24. The fraction of sp³-hybridized carbons (Fsp3) is 0.133. The molecule has 0 heterocycles. The Labute approximate surface area is 119 Å². The molecule has 2 aromatic carbocycles. The zero-order valence-corrected chi connectivity index (χ0v) is 11.2. The van der Waals surface area contributed by atoms with Crippen LogP contribution < -0.4 is 10.6 Å². The molecule has 1 amide bonds. The Bertz CT molecular complexity index is 647. The molecule has 1 atom stereocenters. The minimum absolute atomic E-state index is 0.274. The van der Waals surface area contributed by atoms with Gasteiger partial charge in [-0.3, -0.25) is 4.79 Å². The van der Waals surface area contributed by atoms with Gasteiger partial charge in [-0.2, -0.15) is 0 Å². The summed E-state index contributed by atoms with van der Waals surface area (Å²) in [4.78, 5) is 11.9. The zero-order chi connectivity index (χ0) is 15.4. The van der Waals surface area contributed by atoms with E-state index < -0.39 is 29.4 Å². The molecule has 0 saturated heterocycles. The number of carbonyl (C=O) groups is 1. The average molecular weight is 294 g/mol. The van der Waals surface area contributed by atoms with Crippen molar-refractivity contribution in [1.82, 2.24) is 0 Å². The number of anilines is 2. The summed E-state index contributed by atoms with van der Waals surface area (Å²) in [5.41, 5.74) is 0.312. The summed E-state index contributed by atoms with van der Waals surface area (Å²) >= 11 is 0. The number of halogens is 3. The molecule has 6 heteroatoms. The summed E-state index contributed by atoms with van der Waals surface area (Å²) in [6.45, 7) is 1.49. The Morgan fingerprint density at radius 3 is 2.29 bits per heavy atom. The van der Waals surface area contributed by atoms with Gasteiger partial charge in [0.25, 0.3) is 0 Å². The molecule has 0 radical (unpaired) electrons. The molecule has 0 bridgehead atoms. The molecule has 2 aromatic rings. The summed E-state index contributed by atoms with van der Waals surface area (Å²) < 4.78 is 39.4. The van der Waals surface area contributed by atoms with E-state index in [0.717, 1.165) is 0 Å². The summed E-state index contributed by atoms with van der Waals surface area (Å²) in [7, 11) is 0. The van der Waals surface area contributed by atoms with Crippen LogP contribution in [-0.4, -0.2) is 11.9 Å². The molecule has 2 rings (SSSR count). The summed E-state index contributed by atoms with van der Waals surface area (Å²) in [6, 6.07) is 8.98. The highest BCUT2D eigenvalue weighted by molar-refractivity contribution is 5.96. The third kappa shape index (κ3) is 3.75. The van der Waals surface area contributed by atoms with Gasteiger partial charge in [0, 0.05) is 17.8 Å². The van der Waals surface area contributed by atoms with E-state index in [1.165, 1.54) is 6.92 Å². The van der Waals surface area contributed by atoms with Crippen molar-refractivity contribution in [1.29, 1.82) is 0 Å². The molecule has 110 valence electrons. The van der Waals surface area contributed by atoms with Gasteiger partial charge in [0.15, 0.2) is 11.6 Å². The molecular formula is C15H13F3N2O. The van der Waals surface area contributed by atoms with Crippen LogP contribution >= 0.6 is 0 Å². The van der Waals surface area contributed by atoms with Gasteiger partial charge in [-0.1, -0.05) is 18.2 Å². The van der Waals surface area contributed by atoms with Crippen molar-refractivity contribution >= 4 is 17.3 Å². The highest BCUT2D eigenvalue weighted by Gasteiger charge is 2.16. The molecule has 0 aliphatic heterocycles. The Morgan fingerprint density at radius 2 is 1.62 bits per heavy atom. The largest absolute Gasteiger partial charge is 0.371 e. The molecule has 21 heavy (non-hydrogen) atoms. The fourth-order valence-electron chi connectivity index (χ4n) is 1.70. The molecule has 0 aliphatic carbocycles. The Hall–Kier alpha value is -2.50. The number of carbonyl (C=O) groups excluding carboxylic acids is 1. The molecule has 0 aliphatic rings. The Morgan fingerprint density at radius 1 is 1.00 bits per heavy atom. The van der Waals surface area contributed by atoms with Crippen LogP contribution in [0.25, 0.3) is 0 Å². The predicted molar refractivity (Wildman–Crippen MR) is 74.5 cm³/mol. The summed E-state index contributed by atoms with van der Waals surface area (Å²) in [5, 5.41) is 5.12. The van der Waals surface area contributed by atoms with Gasteiger partial charge in [0.05, 0.1) is 5.69 Å². The van der Waals surface area contributed by atoms with Gasteiger partial charge in [-0.15, -0.1) is 0 Å². The quantitative estimate of drug-likeness (QED) is 0.847. The second-order valence-corrected chi connectivity index (χ2v) is 4.47. The SMILES string of the molecule is CC(Nc1cc(F)c(F)cc1F)C(=O)Nc1ccccc1. The topological polar surface area (TPSA) is 41.1 Å². The third-order valence-corrected chi connectivity index (χ3v) is 2.82. The number of hydrogen-bond donors (Lipinski definition) is 2. The normalized spacial score (nSPS) is 11.8. The highest BCUT2D eigenvalue weighted by Crippen LogP contribution is 2.19. The monoisotopic (exact) mass is 294 g/mol. The maximum absolute atomic E-state index is 13.5. The maximum atomic E-state index is 13.5. The predicted octanol–water partition coefficient (Wildman–Crippen LogP) is 3.54. The van der Waals surface area contributed by atoms with Gasteiger partial charge in [-0.25, -0.2) is 13.2 Å². The molecule has 0 aromatic heterocycles. The molecule has 0 fully saturated rings. The van der Waals surface area contributed by atoms with Crippen LogP contribution in [0.1, 0.15) is 6.92 Å². The fourth-order valence-corrected chi connectivity index (χ4v) is 1.70. The minimum atomic E-state index is -1.28. The van der Waals surface area contributed by atoms with Gasteiger partial charge in [0.1, 0.15) is 11.9 Å². The second kappa shape index (κ2) is 6.30. The van der Waals surface area contributed by atoms with E-state index in [0.29, 0.717) is 17.8 Å². The van der Waals surface area contributed by atoms with Crippen molar-refractivity contribution in [2.75, 3.05) is 10.6 Å². The highest BCUT2D eigenvalue weighted by atomic mass is 19.2. The van der Waals surface area contributed by atoms with E-state index in [1.54, 1.807) is 30.3 Å². The van der Waals surface area contributed by atoms with Gasteiger partial charge < -0.3 is 10.6 Å². The van der Waals surface area contributed by atoms with Crippen LogP contribution in [0.2, 0.25) is 0 Å². The van der Waals surface area contributed by atoms with Crippen molar-refractivity contribution < 1.29 is 18.0 Å². The van der Waals surface area contributed by atoms with Crippen molar-refractivity contribution in [3.8, 4) is 0 Å². The second-order valence-electron chi connectivity index (χ2n) is 4.47. The van der Waals surface area contributed by atoms with Gasteiger partial charge in [-0.05, 0) is 19.1 Å². The van der Waals surface area contributed by atoms with Crippen molar-refractivity contribution in [3.05, 3.63) is 59.9 Å². The number of nitrogens with one attached hydrogen (secondary N) is 2. The molecular weight excluding hydrogens is 281 g/mol. The first-order valence-corrected chi connectivity index (χ1v) is 6.24. The van der Waals surface area contributed by atoms with Crippen LogP contribution in [0.15, 0.2) is 42.5 Å². The van der Waals surface area contributed by atoms with Crippen LogP contribution in [-0.2, 0) is 4.79 Å². The molecule has 1 unspecified atom stereocenters. The lowest BCUT2D eigenvalue weighted by atomic mass is 10.2. The van der Waals surface area contributed by atoms with Gasteiger partial charge in [0.2, 0.25) is 5.91 Å². The van der Waals surface area contributed by atoms with E-state index >= 15 is 0 Å². The van der Waals surface area contributed by atoms with E-state index in [4.69, 9.17) is 0 Å². The zero-order valence-electron chi connectivity index (χ0n) is 11.2. The van der Waals surface area contributed by atoms with Crippen LogP contribution in [0.3, 0.4) is 0 Å². The summed E-state index contributed by atoms with van der Waals surface area (Å²) in [6.07, 6.45) is 0. The lowest BCUT2D eigenvalue weighted by Gasteiger charge is -2.16. The number of rotatable bonds is 4. The van der Waals surface area contributed by atoms with Gasteiger partial charge >= 0.3 is 0 Å². The average Bonchev–Trinajstić information content (AvgIpc) is 2.45. The number of amides is 1. The molecule has 2 N–H and O–H groups in total. The smallest absolute Gasteiger partial charge is 0.246 e. The van der Waals surface area contributed by atoms with E-state index in [1.807, 2.05) is 0 Å². The summed E-state index contributed by atoms with van der Waals surface area (Å²) in [5.74, 6) is -3.85. The Balaban J connectivity index is 2.06. The lowest BCUT2D eigenvalue weighted by Crippen LogP contribution is -2.32. The number of para-hydroxylation sites is 1. The van der Waals surface area contributed by atoms with E-state index in [-0.39, 0.29) is 5.69 Å². The number of benzene rings is 2. The molecule has 3 nitrogen and oxygen atoms in total. The third-order valence-electron chi connectivity index (χ3n) is 2.82. The van der Waals surface area contributed by atoms with Crippen molar-refractivity contribution in [2.45, 2.75) is 13.0 Å². The van der Waals surface area contributed by atoms with Crippen molar-refractivity contribution in [2.24, 2.45) is 0 Å². The number of hydrogen-bond acceptors (Lipinski definition) is 2. The standard InChI is InChI=1S/C15H13F3N2O/c1-9(15(21)20-10-5-3-2-4-6-10)19-14-8-12(17)11(16)7-13(14)18/h2-9,19H,1H3,(H,20,21). The Kier molecular flexibility index (Phi) is 4.47. The van der Waals surface area contributed by atoms with E-state index in [9.17, 15) is 18.0 Å². The maximum Gasteiger partial charge on any atom is 0.246 e.